The van der Waals surface area contributed by atoms with E-state index < -0.39 is 5.41 Å². The van der Waals surface area contributed by atoms with Crippen molar-refractivity contribution < 1.29 is 0 Å². The molecule has 318 valence electrons. The smallest absolute Gasteiger partial charge is 0.165 e. The Bertz CT molecular complexity index is 4020. The Kier molecular flexibility index (Phi) is 8.68. The highest BCUT2D eigenvalue weighted by atomic mass is 15.1. The second kappa shape index (κ2) is 15.0. The van der Waals surface area contributed by atoms with Gasteiger partial charge in [-0.2, -0.15) is 0 Å². The lowest BCUT2D eigenvalue weighted by atomic mass is 9.95. The first-order valence-corrected chi connectivity index (χ1v) is 23.0. The standard InChI is InChI=1S/C61H44N6/c1-61(2,3)60-63-58(46-29-14-19-36-54(46)66-51-33-16-10-25-42(51)43-26-11-17-34-52(43)66)62-59(64-60)47-31-20-30-41(39-21-6-4-7-22-39)57(47)67-53-35-18-13-28-45(53)49-37-48-44-27-12-15-32-50(44)65(55(48)38-56(49)67)40-23-8-5-9-24-40/h4-38H,1-3H3. The molecule has 0 radical (unpaired) electrons. The summed E-state index contributed by atoms with van der Waals surface area (Å²) in [7, 11) is 0. The molecule has 6 nitrogen and oxygen atoms in total. The fourth-order valence-electron chi connectivity index (χ4n) is 10.3. The van der Waals surface area contributed by atoms with E-state index in [1.807, 2.05) is 0 Å². The second-order valence-corrected chi connectivity index (χ2v) is 18.4. The molecule has 0 aliphatic heterocycles. The van der Waals surface area contributed by atoms with Crippen LogP contribution in [0.1, 0.15) is 26.6 Å². The topological polar surface area (TPSA) is 53.5 Å². The molecule has 0 spiro atoms. The first kappa shape index (κ1) is 38.8. The molecule has 0 aliphatic carbocycles. The molecule has 13 rings (SSSR count). The summed E-state index contributed by atoms with van der Waals surface area (Å²) >= 11 is 0. The zero-order valence-corrected chi connectivity index (χ0v) is 37.4. The van der Waals surface area contributed by atoms with Crippen LogP contribution >= 0.6 is 0 Å². The third-order valence-electron chi connectivity index (χ3n) is 13.3. The molecular weight excluding hydrogens is 817 g/mol. The number of hydrogen-bond acceptors (Lipinski definition) is 3. The number of hydrogen-bond donors (Lipinski definition) is 0. The summed E-state index contributed by atoms with van der Waals surface area (Å²) in [6.45, 7) is 6.54. The molecule has 0 bridgehead atoms. The normalized spacial score (nSPS) is 12.1. The molecule has 4 heterocycles. The van der Waals surface area contributed by atoms with Crippen molar-refractivity contribution in [2.75, 3.05) is 0 Å². The zero-order valence-electron chi connectivity index (χ0n) is 37.4. The average molecular weight is 861 g/mol. The minimum atomic E-state index is -0.394. The number of benzene rings is 9. The van der Waals surface area contributed by atoms with Crippen LogP contribution in [0.5, 0.6) is 0 Å². The molecule has 0 saturated heterocycles. The molecule has 0 aliphatic rings. The molecular formula is C61H44N6. The maximum Gasteiger partial charge on any atom is 0.165 e. The minimum Gasteiger partial charge on any atom is -0.309 e. The Labute approximate surface area is 387 Å². The van der Waals surface area contributed by atoms with Gasteiger partial charge in [0.25, 0.3) is 0 Å². The zero-order chi connectivity index (χ0) is 44.8. The van der Waals surface area contributed by atoms with Crippen LogP contribution in [0.3, 0.4) is 0 Å². The number of aromatic nitrogens is 6. The highest BCUT2D eigenvalue weighted by Crippen LogP contribution is 2.44. The van der Waals surface area contributed by atoms with Gasteiger partial charge in [-0.1, -0.05) is 166 Å². The van der Waals surface area contributed by atoms with Crippen molar-refractivity contribution in [3.05, 3.63) is 218 Å². The molecule has 6 heteroatoms. The summed E-state index contributed by atoms with van der Waals surface area (Å²) in [6.07, 6.45) is 0. The number of nitrogens with zero attached hydrogens (tertiary/aromatic N) is 6. The van der Waals surface area contributed by atoms with E-state index in [4.69, 9.17) is 15.0 Å². The van der Waals surface area contributed by atoms with Crippen LogP contribution in [0.25, 0.3) is 116 Å². The summed E-state index contributed by atoms with van der Waals surface area (Å²) < 4.78 is 7.22. The van der Waals surface area contributed by atoms with Crippen molar-refractivity contribution in [1.82, 2.24) is 28.7 Å². The Hall–Kier alpha value is -8.61. The quantitative estimate of drug-likeness (QED) is 0.167. The first-order chi connectivity index (χ1) is 32.9. The minimum absolute atomic E-state index is 0.394. The SMILES string of the molecule is CC(C)(C)c1nc(-c2ccccc2-n2c3ccccc3c3ccccc32)nc(-c2cccc(-c3ccccc3)c2-n2c3ccccc3c3cc4c5ccccc5n(-c5ccccc5)c4cc32)n1. The fourth-order valence-corrected chi connectivity index (χ4v) is 10.3. The lowest BCUT2D eigenvalue weighted by molar-refractivity contribution is 0.543. The highest BCUT2D eigenvalue weighted by molar-refractivity contribution is 6.19. The van der Waals surface area contributed by atoms with Crippen LogP contribution in [-0.4, -0.2) is 28.7 Å². The van der Waals surface area contributed by atoms with Gasteiger partial charge in [0.05, 0.1) is 44.5 Å². The third-order valence-corrected chi connectivity index (χ3v) is 13.3. The summed E-state index contributed by atoms with van der Waals surface area (Å²) in [5.74, 6) is 1.96. The van der Waals surface area contributed by atoms with Gasteiger partial charge in [0.1, 0.15) is 5.82 Å². The summed E-state index contributed by atoms with van der Waals surface area (Å²) in [6, 6.07) is 76.1. The number of para-hydroxylation sites is 7. The Morgan fingerprint density at radius 1 is 0.328 bits per heavy atom. The van der Waals surface area contributed by atoms with Crippen molar-refractivity contribution in [3.63, 3.8) is 0 Å². The first-order valence-electron chi connectivity index (χ1n) is 23.0. The van der Waals surface area contributed by atoms with Crippen LogP contribution in [0.15, 0.2) is 212 Å². The van der Waals surface area contributed by atoms with Crippen LogP contribution in [-0.2, 0) is 5.41 Å². The fraction of sp³-hybridized carbons (Fsp3) is 0.0656. The Morgan fingerprint density at radius 2 is 0.776 bits per heavy atom. The van der Waals surface area contributed by atoms with Crippen molar-refractivity contribution in [1.29, 1.82) is 0 Å². The van der Waals surface area contributed by atoms with E-state index in [1.165, 1.54) is 37.8 Å². The molecule has 9 aromatic carbocycles. The maximum atomic E-state index is 5.56. The van der Waals surface area contributed by atoms with Crippen LogP contribution in [0.4, 0.5) is 0 Å². The average Bonchev–Trinajstić information content (AvgIpc) is 4.00. The predicted molar refractivity (Wildman–Crippen MR) is 278 cm³/mol. The van der Waals surface area contributed by atoms with E-state index in [0.717, 1.165) is 72.7 Å². The molecule has 0 N–H and O–H groups in total. The van der Waals surface area contributed by atoms with E-state index in [0.29, 0.717) is 11.6 Å². The van der Waals surface area contributed by atoms with E-state index in [-0.39, 0.29) is 0 Å². The van der Waals surface area contributed by atoms with Gasteiger partial charge >= 0.3 is 0 Å². The van der Waals surface area contributed by atoms with Crippen LogP contribution in [0.2, 0.25) is 0 Å². The largest absolute Gasteiger partial charge is 0.309 e. The molecule has 0 unspecified atom stereocenters. The van der Waals surface area contributed by atoms with Gasteiger partial charge in [-0.15, -0.1) is 0 Å². The Morgan fingerprint density at radius 3 is 1.39 bits per heavy atom. The molecule has 0 amide bonds. The lowest BCUT2D eigenvalue weighted by Crippen LogP contribution is -2.18. The molecule has 13 aromatic rings. The second-order valence-electron chi connectivity index (χ2n) is 18.4. The predicted octanol–water partition coefficient (Wildman–Crippen LogP) is 15.5. The van der Waals surface area contributed by atoms with Gasteiger partial charge < -0.3 is 13.7 Å². The van der Waals surface area contributed by atoms with Gasteiger partial charge in [0, 0.05) is 60.1 Å². The van der Waals surface area contributed by atoms with Crippen LogP contribution < -0.4 is 0 Å². The van der Waals surface area contributed by atoms with Crippen molar-refractivity contribution in [2.45, 2.75) is 26.2 Å². The van der Waals surface area contributed by atoms with Crippen molar-refractivity contribution >= 4 is 65.4 Å². The van der Waals surface area contributed by atoms with E-state index in [2.05, 4.69) is 247 Å². The molecule has 0 saturated carbocycles. The molecule has 0 atom stereocenters. The molecule has 4 aromatic heterocycles. The van der Waals surface area contributed by atoms with Gasteiger partial charge in [-0.25, -0.2) is 15.0 Å². The maximum absolute atomic E-state index is 5.56. The van der Waals surface area contributed by atoms with Gasteiger partial charge in [-0.3, -0.25) is 0 Å². The van der Waals surface area contributed by atoms with Gasteiger partial charge in [-0.05, 0) is 72.3 Å². The van der Waals surface area contributed by atoms with Crippen molar-refractivity contribution in [3.8, 4) is 51.0 Å². The van der Waals surface area contributed by atoms with Gasteiger partial charge in [0.15, 0.2) is 11.6 Å². The monoisotopic (exact) mass is 860 g/mol. The summed E-state index contributed by atoms with van der Waals surface area (Å²) in [5.41, 5.74) is 13.5. The number of rotatable bonds is 6. The summed E-state index contributed by atoms with van der Waals surface area (Å²) in [4.78, 5) is 16.4. The Balaban J connectivity index is 1.13. The lowest BCUT2D eigenvalue weighted by Gasteiger charge is -2.22. The van der Waals surface area contributed by atoms with E-state index >= 15 is 0 Å². The highest BCUT2D eigenvalue weighted by Gasteiger charge is 2.27. The van der Waals surface area contributed by atoms with Crippen molar-refractivity contribution in [2.24, 2.45) is 0 Å². The van der Waals surface area contributed by atoms with E-state index in [9.17, 15) is 0 Å². The number of fused-ring (bicyclic) bond motifs is 9. The molecule has 67 heavy (non-hydrogen) atoms. The summed E-state index contributed by atoms with van der Waals surface area (Å²) in [5, 5.41) is 7.20. The van der Waals surface area contributed by atoms with Gasteiger partial charge in [0.2, 0.25) is 0 Å². The third kappa shape index (κ3) is 6.06. The van der Waals surface area contributed by atoms with Crippen LogP contribution in [0, 0.1) is 0 Å². The van der Waals surface area contributed by atoms with E-state index in [1.54, 1.807) is 0 Å². The molecule has 0 fully saturated rings.